The van der Waals surface area contributed by atoms with Gasteiger partial charge in [-0.1, -0.05) is 41.4 Å². The number of benzene rings is 1. The Hall–Kier alpha value is -0.800. The summed E-state index contributed by atoms with van der Waals surface area (Å²) in [6.45, 7) is 4.25. The van der Waals surface area contributed by atoms with Crippen molar-refractivity contribution in [3.05, 3.63) is 33.4 Å². The summed E-state index contributed by atoms with van der Waals surface area (Å²) in [4.78, 5) is 4.63. The number of hydrogen-bond donors (Lipinski definition) is 1. The second-order valence-electron chi connectivity index (χ2n) is 4.28. The van der Waals surface area contributed by atoms with E-state index >= 15 is 0 Å². The second kappa shape index (κ2) is 4.83. The van der Waals surface area contributed by atoms with Crippen LogP contribution in [0.5, 0.6) is 0 Å². The maximum absolute atomic E-state index is 6.25. The highest BCUT2D eigenvalue weighted by molar-refractivity contribution is 9.10. The number of anilines is 1. The van der Waals surface area contributed by atoms with E-state index in [1.54, 1.807) is 0 Å². The Bertz CT molecular complexity index is 567. The van der Waals surface area contributed by atoms with Gasteiger partial charge >= 0.3 is 0 Å². The smallest absolute Gasteiger partial charge is 0.0913 e. The van der Waals surface area contributed by atoms with Crippen molar-refractivity contribution in [2.45, 2.75) is 19.8 Å². The average molecular weight is 314 g/mol. The summed E-state index contributed by atoms with van der Waals surface area (Å²) < 4.78 is 0.964. The second-order valence-corrected chi connectivity index (χ2v) is 5.61. The molecule has 0 aliphatic carbocycles. The van der Waals surface area contributed by atoms with E-state index in [1.807, 2.05) is 19.2 Å². The van der Waals surface area contributed by atoms with Crippen LogP contribution in [-0.4, -0.2) is 12.0 Å². The third kappa shape index (κ3) is 2.40. The summed E-state index contributed by atoms with van der Waals surface area (Å²) in [6.07, 6.45) is 0. The normalized spacial score (nSPS) is 11.2. The van der Waals surface area contributed by atoms with Gasteiger partial charge in [-0.15, -0.1) is 0 Å². The van der Waals surface area contributed by atoms with Crippen molar-refractivity contribution in [2.75, 3.05) is 12.4 Å². The van der Waals surface area contributed by atoms with Gasteiger partial charge in [-0.3, -0.25) is 4.98 Å². The molecule has 0 amide bonds. The lowest BCUT2D eigenvalue weighted by Crippen LogP contribution is -1.98. The van der Waals surface area contributed by atoms with Gasteiger partial charge < -0.3 is 5.32 Å². The Morgan fingerprint density at radius 1 is 1.29 bits per heavy atom. The van der Waals surface area contributed by atoms with Gasteiger partial charge in [0.2, 0.25) is 0 Å². The number of rotatable bonds is 2. The molecule has 0 fully saturated rings. The molecule has 0 bridgehead atoms. The van der Waals surface area contributed by atoms with Crippen LogP contribution in [0.1, 0.15) is 25.5 Å². The van der Waals surface area contributed by atoms with Crippen LogP contribution in [0.2, 0.25) is 5.02 Å². The first-order valence-corrected chi connectivity index (χ1v) is 6.67. The van der Waals surface area contributed by atoms with E-state index in [2.05, 4.69) is 46.1 Å². The summed E-state index contributed by atoms with van der Waals surface area (Å²) in [5.41, 5.74) is 2.96. The summed E-state index contributed by atoms with van der Waals surface area (Å²) in [5, 5.41) is 4.91. The molecular formula is C13H14BrClN2. The van der Waals surface area contributed by atoms with Crippen molar-refractivity contribution < 1.29 is 0 Å². The van der Waals surface area contributed by atoms with Gasteiger partial charge in [-0.25, -0.2) is 0 Å². The molecule has 2 nitrogen and oxygen atoms in total. The lowest BCUT2D eigenvalue weighted by Gasteiger charge is -2.12. The summed E-state index contributed by atoms with van der Waals surface area (Å²) in [7, 11) is 1.91. The molecule has 0 aliphatic rings. The van der Waals surface area contributed by atoms with E-state index in [9.17, 15) is 0 Å². The van der Waals surface area contributed by atoms with Crippen LogP contribution in [0.4, 0.5) is 5.69 Å². The SMILES string of the molecule is CNc1cc(C(C)C)nc2c(Cl)cc(Br)cc12. The summed E-state index contributed by atoms with van der Waals surface area (Å²) in [6, 6.07) is 5.99. The largest absolute Gasteiger partial charge is 0.388 e. The Morgan fingerprint density at radius 3 is 2.59 bits per heavy atom. The summed E-state index contributed by atoms with van der Waals surface area (Å²) >= 11 is 9.70. The van der Waals surface area contributed by atoms with Crippen LogP contribution in [-0.2, 0) is 0 Å². The molecule has 0 spiro atoms. The first kappa shape index (κ1) is 12.7. The minimum atomic E-state index is 0.381. The fourth-order valence-electron chi connectivity index (χ4n) is 1.77. The van der Waals surface area contributed by atoms with E-state index in [0.29, 0.717) is 10.9 Å². The first-order valence-electron chi connectivity index (χ1n) is 5.50. The lowest BCUT2D eigenvalue weighted by molar-refractivity contribution is 0.830. The zero-order valence-electron chi connectivity index (χ0n) is 10.0. The van der Waals surface area contributed by atoms with Gasteiger partial charge in [0.1, 0.15) is 0 Å². The van der Waals surface area contributed by atoms with Crippen molar-refractivity contribution in [2.24, 2.45) is 0 Å². The van der Waals surface area contributed by atoms with Crippen molar-refractivity contribution in [3.8, 4) is 0 Å². The molecule has 0 atom stereocenters. The molecule has 2 rings (SSSR count). The number of halogens is 2. The number of hydrogen-bond acceptors (Lipinski definition) is 2. The number of nitrogens with one attached hydrogen (secondary N) is 1. The number of aromatic nitrogens is 1. The Kier molecular flexibility index (Phi) is 3.59. The van der Waals surface area contributed by atoms with E-state index < -0.39 is 0 Å². The zero-order valence-corrected chi connectivity index (χ0v) is 12.4. The molecule has 1 N–H and O–H groups in total. The molecule has 2 aromatic rings. The Labute approximate surface area is 115 Å². The lowest BCUT2D eigenvalue weighted by atomic mass is 10.1. The minimum absolute atomic E-state index is 0.381. The monoisotopic (exact) mass is 312 g/mol. The maximum Gasteiger partial charge on any atom is 0.0913 e. The van der Waals surface area contributed by atoms with Crippen LogP contribution < -0.4 is 5.32 Å². The quantitative estimate of drug-likeness (QED) is 0.860. The first-order chi connectivity index (χ1) is 8.02. The fourth-order valence-corrected chi connectivity index (χ4v) is 2.63. The molecular weight excluding hydrogens is 300 g/mol. The van der Waals surface area contributed by atoms with E-state index in [0.717, 1.165) is 26.8 Å². The molecule has 1 heterocycles. The number of pyridine rings is 1. The van der Waals surface area contributed by atoms with Crippen molar-refractivity contribution in [1.29, 1.82) is 0 Å². The fraction of sp³-hybridized carbons (Fsp3) is 0.308. The molecule has 90 valence electrons. The predicted octanol–water partition coefficient (Wildman–Crippen LogP) is 4.82. The average Bonchev–Trinajstić information content (AvgIpc) is 2.27. The van der Waals surface area contributed by atoms with Gasteiger partial charge in [0, 0.05) is 28.3 Å². The molecule has 4 heteroatoms. The molecule has 1 aromatic heterocycles. The van der Waals surface area contributed by atoms with Crippen LogP contribution >= 0.6 is 27.5 Å². The van der Waals surface area contributed by atoms with Gasteiger partial charge in [0.05, 0.1) is 10.5 Å². The zero-order chi connectivity index (χ0) is 12.6. The molecule has 1 aromatic carbocycles. The van der Waals surface area contributed by atoms with E-state index in [1.165, 1.54) is 0 Å². The molecule has 17 heavy (non-hydrogen) atoms. The predicted molar refractivity (Wildman–Crippen MR) is 78.1 cm³/mol. The van der Waals surface area contributed by atoms with E-state index in [4.69, 9.17) is 11.6 Å². The van der Waals surface area contributed by atoms with E-state index in [-0.39, 0.29) is 0 Å². The number of fused-ring (bicyclic) bond motifs is 1. The van der Waals surface area contributed by atoms with Gasteiger partial charge in [0.25, 0.3) is 0 Å². The third-order valence-electron chi connectivity index (χ3n) is 2.71. The highest BCUT2D eigenvalue weighted by Crippen LogP contribution is 2.33. The van der Waals surface area contributed by atoms with Crippen molar-refractivity contribution in [3.63, 3.8) is 0 Å². The maximum atomic E-state index is 6.25. The molecule has 0 radical (unpaired) electrons. The van der Waals surface area contributed by atoms with Crippen molar-refractivity contribution >= 4 is 44.1 Å². The van der Waals surface area contributed by atoms with Crippen LogP contribution in [0.15, 0.2) is 22.7 Å². The Balaban J connectivity index is 2.82. The van der Waals surface area contributed by atoms with Gasteiger partial charge in [-0.2, -0.15) is 0 Å². The van der Waals surface area contributed by atoms with Gasteiger partial charge in [-0.05, 0) is 24.1 Å². The number of nitrogens with zero attached hydrogens (tertiary/aromatic N) is 1. The Morgan fingerprint density at radius 2 is 2.00 bits per heavy atom. The van der Waals surface area contributed by atoms with Crippen LogP contribution in [0.3, 0.4) is 0 Å². The van der Waals surface area contributed by atoms with Crippen LogP contribution in [0.25, 0.3) is 10.9 Å². The molecule has 0 aliphatic heterocycles. The molecule has 0 saturated heterocycles. The van der Waals surface area contributed by atoms with Gasteiger partial charge in [0.15, 0.2) is 0 Å². The van der Waals surface area contributed by atoms with Crippen molar-refractivity contribution in [1.82, 2.24) is 4.98 Å². The van der Waals surface area contributed by atoms with Crippen LogP contribution in [0, 0.1) is 0 Å². The standard InChI is InChI=1S/C13H14BrClN2/c1-7(2)11-6-12(16-3)9-4-8(14)5-10(15)13(9)17-11/h4-7H,1-3H3,(H,16,17). The highest BCUT2D eigenvalue weighted by Gasteiger charge is 2.11. The topological polar surface area (TPSA) is 24.9 Å². The minimum Gasteiger partial charge on any atom is -0.388 e. The summed E-state index contributed by atoms with van der Waals surface area (Å²) in [5.74, 6) is 0.381. The highest BCUT2D eigenvalue weighted by atomic mass is 79.9. The third-order valence-corrected chi connectivity index (χ3v) is 3.46. The molecule has 0 saturated carbocycles. The molecule has 0 unspecified atom stereocenters.